The second kappa shape index (κ2) is 9.91. The van der Waals surface area contributed by atoms with Gasteiger partial charge in [-0.15, -0.1) is 0 Å². The van der Waals surface area contributed by atoms with Gasteiger partial charge in [-0.1, -0.05) is 70.7 Å². The van der Waals surface area contributed by atoms with Crippen LogP contribution in [0.15, 0.2) is 90.4 Å². The van der Waals surface area contributed by atoms with Crippen LogP contribution in [0.2, 0.25) is 0 Å². The molecule has 4 heteroatoms. The summed E-state index contributed by atoms with van der Waals surface area (Å²) in [5.74, 6) is 0.391. The van der Waals surface area contributed by atoms with Gasteiger partial charge in [0.2, 0.25) is 0 Å². The first-order chi connectivity index (χ1) is 16.7. The number of rotatable bonds is 6. The SMILES string of the molecule is C=CCOC(=O)c1ccc(N=C(Nc2ccccc2)c2ccc3c(c2)C(C)(C)CCC3(C)C)cc1. The van der Waals surface area contributed by atoms with Crippen LogP contribution in [0.5, 0.6) is 0 Å². The van der Waals surface area contributed by atoms with E-state index >= 15 is 0 Å². The molecule has 1 aliphatic carbocycles. The lowest BCUT2D eigenvalue weighted by Crippen LogP contribution is -2.34. The lowest BCUT2D eigenvalue weighted by Gasteiger charge is -2.42. The monoisotopic (exact) mass is 466 g/mol. The number of amidine groups is 1. The van der Waals surface area contributed by atoms with E-state index in [2.05, 4.69) is 57.8 Å². The van der Waals surface area contributed by atoms with E-state index in [9.17, 15) is 4.79 Å². The second-order valence-corrected chi connectivity index (χ2v) is 10.4. The molecule has 1 aliphatic rings. The lowest BCUT2D eigenvalue weighted by atomic mass is 9.63. The van der Waals surface area contributed by atoms with Gasteiger partial charge in [0.15, 0.2) is 0 Å². The number of benzene rings is 3. The van der Waals surface area contributed by atoms with E-state index in [4.69, 9.17) is 9.73 Å². The van der Waals surface area contributed by atoms with Gasteiger partial charge in [0.05, 0.1) is 11.3 Å². The highest BCUT2D eigenvalue weighted by molar-refractivity contribution is 6.09. The largest absolute Gasteiger partial charge is 0.458 e. The number of hydrogen-bond donors (Lipinski definition) is 1. The minimum Gasteiger partial charge on any atom is -0.458 e. The first-order valence-corrected chi connectivity index (χ1v) is 12.1. The number of fused-ring (bicyclic) bond motifs is 1. The minimum absolute atomic E-state index is 0.103. The Kier molecular flexibility index (Phi) is 6.93. The van der Waals surface area contributed by atoms with Gasteiger partial charge in [0.1, 0.15) is 12.4 Å². The molecular weight excluding hydrogens is 432 g/mol. The molecule has 180 valence electrons. The van der Waals surface area contributed by atoms with E-state index in [1.807, 2.05) is 42.5 Å². The van der Waals surface area contributed by atoms with E-state index in [0.717, 1.165) is 29.2 Å². The number of carbonyl (C=O) groups excluding carboxylic acids is 1. The minimum atomic E-state index is -0.373. The topological polar surface area (TPSA) is 50.7 Å². The number of nitrogens with one attached hydrogen (secondary N) is 1. The summed E-state index contributed by atoms with van der Waals surface area (Å²) in [6.45, 7) is 13.1. The van der Waals surface area contributed by atoms with Gasteiger partial charge in [0, 0.05) is 11.3 Å². The smallest absolute Gasteiger partial charge is 0.338 e. The quantitative estimate of drug-likeness (QED) is 0.176. The molecule has 3 aromatic rings. The Balaban J connectivity index is 1.74. The highest BCUT2D eigenvalue weighted by Crippen LogP contribution is 2.46. The number of aliphatic imine (C=N–C) groups is 1. The van der Waals surface area contributed by atoms with Crippen molar-refractivity contribution in [3.63, 3.8) is 0 Å². The molecule has 4 nitrogen and oxygen atoms in total. The molecule has 0 aromatic heterocycles. The fourth-order valence-electron chi connectivity index (χ4n) is 4.58. The van der Waals surface area contributed by atoms with E-state index in [-0.39, 0.29) is 23.4 Å². The van der Waals surface area contributed by atoms with Crippen LogP contribution in [0.25, 0.3) is 0 Å². The molecule has 0 atom stereocenters. The predicted molar refractivity (Wildman–Crippen MR) is 145 cm³/mol. The molecule has 4 rings (SSSR count). The highest BCUT2D eigenvalue weighted by Gasteiger charge is 2.37. The third kappa shape index (κ3) is 5.54. The van der Waals surface area contributed by atoms with Crippen molar-refractivity contribution in [2.24, 2.45) is 4.99 Å². The molecule has 35 heavy (non-hydrogen) atoms. The van der Waals surface area contributed by atoms with E-state index in [0.29, 0.717) is 5.56 Å². The van der Waals surface area contributed by atoms with Gasteiger partial charge in [-0.25, -0.2) is 9.79 Å². The van der Waals surface area contributed by atoms with Crippen LogP contribution in [0, 0.1) is 0 Å². The van der Waals surface area contributed by atoms with Gasteiger partial charge in [-0.05, 0) is 77.3 Å². The van der Waals surface area contributed by atoms with Crippen LogP contribution in [-0.4, -0.2) is 18.4 Å². The number of ether oxygens (including phenoxy) is 1. The number of carbonyl (C=O) groups is 1. The molecule has 3 aromatic carbocycles. The van der Waals surface area contributed by atoms with E-state index in [1.165, 1.54) is 17.5 Å². The van der Waals surface area contributed by atoms with Crippen molar-refractivity contribution in [1.29, 1.82) is 0 Å². The predicted octanol–water partition coefficient (Wildman–Crippen LogP) is 7.57. The Hall–Kier alpha value is -3.66. The Morgan fingerprint density at radius 1 is 0.914 bits per heavy atom. The fraction of sp³-hybridized carbons (Fsp3) is 0.290. The zero-order valence-electron chi connectivity index (χ0n) is 21.1. The highest BCUT2D eigenvalue weighted by atomic mass is 16.5. The molecular formula is C31H34N2O2. The summed E-state index contributed by atoms with van der Waals surface area (Å²) in [6.07, 6.45) is 3.88. The molecule has 0 unspecified atom stereocenters. The summed E-state index contributed by atoms with van der Waals surface area (Å²) in [6, 6.07) is 23.9. The van der Waals surface area contributed by atoms with E-state index in [1.54, 1.807) is 18.2 Å². The van der Waals surface area contributed by atoms with Gasteiger partial charge < -0.3 is 10.1 Å². The summed E-state index contributed by atoms with van der Waals surface area (Å²) >= 11 is 0. The Morgan fingerprint density at radius 2 is 1.54 bits per heavy atom. The first-order valence-electron chi connectivity index (χ1n) is 12.1. The molecule has 0 spiro atoms. The average molecular weight is 467 g/mol. The lowest BCUT2D eigenvalue weighted by molar-refractivity contribution is 0.0550. The number of esters is 1. The number of nitrogens with zero attached hydrogens (tertiary/aromatic N) is 1. The van der Waals surface area contributed by atoms with E-state index < -0.39 is 0 Å². The maximum atomic E-state index is 12.1. The maximum absolute atomic E-state index is 12.1. The number of anilines is 1. The fourth-order valence-corrected chi connectivity index (χ4v) is 4.58. The van der Waals surface area contributed by atoms with Gasteiger partial charge >= 0.3 is 5.97 Å². The van der Waals surface area contributed by atoms with Crippen molar-refractivity contribution in [3.8, 4) is 0 Å². The molecule has 0 aliphatic heterocycles. The molecule has 0 bridgehead atoms. The Bertz CT molecular complexity index is 1240. The third-order valence-electron chi connectivity index (χ3n) is 6.84. The summed E-state index contributed by atoms with van der Waals surface area (Å²) < 4.78 is 5.13. The summed E-state index contributed by atoms with van der Waals surface area (Å²) in [7, 11) is 0. The molecule has 0 radical (unpaired) electrons. The van der Waals surface area contributed by atoms with Crippen molar-refractivity contribution in [1.82, 2.24) is 0 Å². The van der Waals surface area contributed by atoms with Crippen molar-refractivity contribution >= 4 is 23.2 Å². The van der Waals surface area contributed by atoms with Crippen LogP contribution in [0.1, 0.15) is 67.6 Å². The standard InChI is InChI=1S/C31H34N2O2/c1-6-20-35-29(34)22-12-15-25(16-13-22)33-28(32-24-10-8-7-9-11-24)23-14-17-26-27(21-23)31(4,5)19-18-30(26,2)3/h6-17,21H,1,18-20H2,2-5H3,(H,32,33). The van der Waals surface area contributed by atoms with Crippen LogP contribution < -0.4 is 5.32 Å². The van der Waals surface area contributed by atoms with Crippen LogP contribution in [0.4, 0.5) is 11.4 Å². The van der Waals surface area contributed by atoms with Crippen molar-refractivity contribution in [3.05, 3.63) is 108 Å². The van der Waals surface area contributed by atoms with Crippen molar-refractivity contribution in [2.75, 3.05) is 11.9 Å². The molecule has 0 saturated heterocycles. The van der Waals surface area contributed by atoms with Gasteiger partial charge in [-0.3, -0.25) is 0 Å². The van der Waals surface area contributed by atoms with Gasteiger partial charge in [-0.2, -0.15) is 0 Å². The molecule has 0 amide bonds. The zero-order valence-corrected chi connectivity index (χ0v) is 21.1. The third-order valence-corrected chi connectivity index (χ3v) is 6.84. The van der Waals surface area contributed by atoms with Crippen molar-refractivity contribution < 1.29 is 9.53 Å². The Labute approximate surface area is 208 Å². The Morgan fingerprint density at radius 3 is 2.20 bits per heavy atom. The second-order valence-electron chi connectivity index (χ2n) is 10.4. The maximum Gasteiger partial charge on any atom is 0.338 e. The first kappa shape index (κ1) is 24.5. The molecule has 0 fully saturated rings. The molecule has 0 heterocycles. The number of hydrogen-bond acceptors (Lipinski definition) is 3. The van der Waals surface area contributed by atoms with Crippen LogP contribution >= 0.6 is 0 Å². The number of para-hydroxylation sites is 1. The molecule has 0 saturated carbocycles. The average Bonchev–Trinajstić information content (AvgIpc) is 2.86. The summed E-state index contributed by atoms with van der Waals surface area (Å²) in [5, 5.41) is 3.51. The van der Waals surface area contributed by atoms with Crippen LogP contribution in [-0.2, 0) is 15.6 Å². The normalized spacial score (nSPS) is 16.2. The summed E-state index contributed by atoms with van der Waals surface area (Å²) in [4.78, 5) is 17.1. The van der Waals surface area contributed by atoms with Crippen molar-refractivity contribution in [2.45, 2.75) is 51.4 Å². The van der Waals surface area contributed by atoms with Gasteiger partial charge in [0.25, 0.3) is 0 Å². The summed E-state index contributed by atoms with van der Waals surface area (Å²) in [5.41, 5.74) is 6.30. The van der Waals surface area contributed by atoms with Crippen LogP contribution in [0.3, 0.4) is 0 Å². The molecule has 1 N–H and O–H groups in total. The zero-order chi connectivity index (χ0) is 25.1.